The molecule has 0 saturated carbocycles. The fraction of sp³-hybridized carbons (Fsp3) is 0.556. The molecule has 0 aliphatic carbocycles. The third-order valence-electron chi connectivity index (χ3n) is 4.40. The van der Waals surface area contributed by atoms with Crippen molar-refractivity contribution in [3.05, 3.63) is 34.9 Å². The average molecular weight is 303 g/mol. The van der Waals surface area contributed by atoms with Gasteiger partial charge in [0.2, 0.25) is 5.91 Å². The fourth-order valence-corrected chi connectivity index (χ4v) is 3.12. The molecular formula is C18H25NO3. The summed E-state index contributed by atoms with van der Waals surface area (Å²) >= 11 is 0. The van der Waals surface area contributed by atoms with Crippen LogP contribution in [0.15, 0.2) is 18.2 Å². The van der Waals surface area contributed by atoms with E-state index in [0.29, 0.717) is 19.4 Å². The Morgan fingerprint density at radius 1 is 1.27 bits per heavy atom. The second-order valence-electron chi connectivity index (χ2n) is 6.05. The molecule has 1 amide bonds. The number of rotatable bonds is 4. The molecule has 1 aromatic rings. The largest absolute Gasteiger partial charge is 0.467 e. The Morgan fingerprint density at radius 2 is 2.05 bits per heavy atom. The zero-order valence-corrected chi connectivity index (χ0v) is 13.7. The topological polar surface area (TPSA) is 46.6 Å². The van der Waals surface area contributed by atoms with Crippen LogP contribution in [0.25, 0.3) is 0 Å². The van der Waals surface area contributed by atoms with E-state index in [1.54, 1.807) is 4.90 Å². The van der Waals surface area contributed by atoms with Crippen molar-refractivity contribution in [2.24, 2.45) is 0 Å². The number of methoxy groups -OCH3 is 1. The van der Waals surface area contributed by atoms with Crippen LogP contribution in [0.4, 0.5) is 0 Å². The highest BCUT2D eigenvalue weighted by Crippen LogP contribution is 2.20. The molecule has 4 heteroatoms. The van der Waals surface area contributed by atoms with Gasteiger partial charge in [-0.15, -0.1) is 0 Å². The van der Waals surface area contributed by atoms with Gasteiger partial charge in [0.15, 0.2) is 0 Å². The Hall–Kier alpha value is -1.84. The normalized spacial score (nSPS) is 18.1. The molecule has 0 N–H and O–H groups in total. The molecule has 22 heavy (non-hydrogen) atoms. The summed E-state index contributed by atoms with van der Waals surface area (Å²) in [5.41, 5.74) is 3.65. The molecule has 1 atom stereocenters. The van der Waals surface area contributed by atoms with Crippen LogP contribution in [-0.2, 0) is 20.7 Å². The van der Waals surface area contributed by atoms with E-state index >= 15 is 0 Å². The van der Waals surface area contributed by atoms with Crippen molar-refractivity contribution in [2.75, 3.05) is 13.7 Å². The van der Waals surface area contributed by atoms with Crippen LogP contribution in [-0.4, -0.2) is 36.5 Å². The van der Waals surface area contributed by atoms with Crippen molar-refractivity contribution < 1.29 is 14.3 Å². The standard InChI is InChI=1S/C18H25NO3/c1-13-7-8-15(14(2)12-13)9-10-17(20)19-11-5-4-6-16(19)18(21)22-3/h7-8,12,16H,4-6,9-11H2,1-3H3. The van der Waals surface area contributed by atoms with Crippen LogP contribution in [0.2, 0.25) is 0 Å². The molecule has 1 heterocycles. The number of carbonyl (C=O) groups is 2. The Labute approximate surface area is 132 Å². The van der Waals surface area contributed by atoms with Crippen LogP contribution in [0, 0.1) is 13.8 Å². The number of amides is 1. The number of ether oxygens (including phenoxy) is 1. The van der Waals surface area contributed by atoms with E-state index in [1.165, 1.54) is 23.8 Å². The quantitative estimate of drug-likeness (QED) is 0.804. The molecule has 0 aromatic heterocycles. The Kier molecular flexibility index (Phi) is 5.58. The zero-order valence-electron chi connectivity index (χ0n) is 13.7. The van der Waals surface area contributed by atoms with E-state index in [9.17, 15) is 9.59 Å². The summed E-state index contributed by atoms with van der Waals surface area (Å²) < 4.78 is 4.83. The Bertz CT molecular complexity index is 553. The first-order chi connectivity index (χ1) is 10.5. The summed E-state index contributed by atoms with van der Waals surface area (Å²) in [6.07, 6.45) is 3.80. The third kappa shape index (κ3) is 3.87. The maximum absolute atomic E-state index is 12.5. The molecule has 1 fully saturated rings. The smallest absolute Gasteiger partial charge is 0.328 e. The number of likely N-dealkylation sites (tertiary alicyclic amines) is 1. The predicted octanol–water partition coefficient (Wildman–Crippen LogP) is 2.79. The van der Waals surface area contributed by atoms with Crippen molar-refractivity contribution in [1.82, 2.24) is 4.90 Å². The van der Waals surface area contributed by atoms with Gasteiger partial charge in [0.1, 0.15) is 6.04 Å². The number of nitrogens with zero attached hydrogens (tertiary/aromatic N) is 1. The van der Waals surface area contributed by atoms with Gasteiger partial charge in [-0.05, 0) is 50.7 Å². The zero-order chi connectivity index (χ0) is 16.1. The minimum atomic E-state index is -0.398. The van der Waals surface area contributed by atoms with E-state index in [2.05, 4.69) is 32.0 Å². The molecule has 2 rings (SSSR count). The summed E-state index contributed by atoms with van der Waals surface area (Å²) in [6.45, 7) is 4.80. The summed E-state index contributed by atoms with van der Waals surface area (Å²) in [5.74, 6) is -0.241. The van der Waals surface area contributed by atoms with Gasteiger partial charge in [-0.1, -0.05) is 23.8 Å². The van der Waals surface area contributed by atoms with Gasteiger partial charge < -0.3 is 9.64 Å². The second-order valence-corrected chi connectivity index (χ2v) is 6.05. The van der Waals surface area contributed by atoms with Crippen LogP contribution in [0.1, 0.15) is 42.4 Å². The lowest BCUT2D eigenvalue weighted by Gasteiger charge is -2.33. The lowest BCUT2D eigenvalue weighted by molar-refractivity contribution is -0.154. The van der Waals surface area contributed by atoms with Gasteiger partial charge in [0.25, 0.3) is 0 Å². The van der Waals surface area contributed by atoms with Crippen molar-refractivity contribution >= 4 is 11.9 Å². The molecule has 0 bridgehead atoms. The fourth-order valence-electron chi connectivity index (χ4n) is 3.12. The SMILES string of the molecule is COC(=O)C1CCCCN1C(=O)CCc1ccc(C)cc1C. The number of aryl methyl sites for hydroxylation is 3. The number of hydrogen-bond acceptors (Lipinski definition) is 3. The summed E-state index contributed by atoms with van der Waals surface area (Å²) in [5, 5.41) is 0. The van der Waals surface area contributed by atoms with Gasteiger partial charge in [-0.3, -0.25) is 4.79 Å². The van der Waals surface area contributed by atoms with Crippen molar-refractivity contribution in [2.45, 2.75) is 52.0 Å². The van der Waals surface area contributed by atoms with Crippen LogP contribution >= 0.6 is 0 Å². The Morgan fingerprint density at radius 3 is 2.73 bits per heavy atom. The lowest BCUT2D eigenvalue weighted by atomic mass is 9.99. The highest BCUT2D eigenvalue weighted by Gasteiger charge is 2.32. The van der Waals surface area contributed by atoms with E-state index < -0.39 is 6.04 Å². The highest BCUT2D eigenvalue weighted by molar-refractivity contribution is 5.84. The Balaban J connectivity index is 1.99. The van der Waals surface area contributed by atoms with Crippen LogP contribution < -0.4 is 0 Å². The van der Waals surface area contributed by atoms with Crippen LogP contribution in [0.5, 0.6) is 0 Å². The molecule has 1 aliphatic rings. The maximum Gasteiger partial charge on any atom is 0.328 e. The number of piperidine rings is 1. The molecule has 4 nitrogen and oxygen atoms in total. The monoisotopic (exact) mass is 303 g/mol. The first-order valence-corrected chi connectivity index (χ1v) is 7.96. The third-order valence-corrected chi connectivity index (χ3v) is 4.40. The molecule has 1 aliphatic heterocycles. The number of esters is 1. The van der Waals surface area contributed by atoms with E-state index in [1.807, 2.05) is 0 Å². The average Bonchev–Trinajstić information content (AvgIpc) is 2.53. The highest BCUT2D eigenvalue weighted by atomic mass is 16.5. The van der Waals surface area contributed by atoms with E-state index in [4.69, 9.17) is 4.74 Å². The summed E-state index contributed by atoms with van der Waals surface area (Å²) in [6, 6.07) is 5.90. The second kappa shape index (κ2) is 7.43. The van der Waals surface area contributed by atoms with Gasteiger partial charge in [-0.25, -0.2) is 4.79 Å². The molecular weight excluding hydrogens is 278 g/mol. The van der Waals surface area contributed by atoms with Gasteiger partial charge >= 0.3 is 5.97 Å². The summed E-state index contributed by atoms with van der Waals surface area (Å²) in [4.78, 5) is 26.0. The molecule has 0 spiro atoms. The lowest BCUT2D eigenvalue weighted by Crippen LogP contribution is -2.48. The minimum Gasteiger partial charge on any atom is -0.467 e. The first kappa shape index (κ1) is 16.5. The number of hydrogen-bond donors (Lipinski definition) is 0. The van der Waals surface area contributed by atoms with Gasteiger partial charge in [0, 0.05) is 13.0 Å². The molecule has 120 valence electrons. The van der Waals surface area contributed by atoms with Crippen molar-refractivity contribution in [3.8, 4) is 0 Å². The summed E-state index contributed by atoms with van der Waals surface area (Å²) in [7, 11) is 1.38. The molecule has 1 aromatic carbocycles. The van der Waals surface area contributed by atoms with Crippen LogP contribution in [0.3, 0.4) is 0 Å². The van der Waals surface area contributed by atoms with Crippen molar-refractivity contribution in [3.63, 3.8) is 0 Å². The number of benzene rings is 1. The van der Waals surface area contributed by atoms with Gasteiger partial charge in [-0.2, -0.15) is 0 Å². The molecule has 1 unspecified atom stereocenters. The predicted molar refractivity (Wildman–Crippen MR) is 85.6 cm³/mol. The maximum atomic E-state index is 12.5. The van der Waals surface area contributed by atoms with Crippen molar-refractivity contribution in [1.29, 1.82) is 0 Å². The van der Waals surface area contributed by atoms with E-state index in [0.717, 1.165) is 19.3 Å². The van der Waals surface area contributed by atoms with Gasteiger partial charge in [0.05, 0.1) is 7.11 Å². The minimum absolute atomic E-state index is 0.0510. The molecule has 1 saturated heterocycles. The first-order valence-electron chi connectivity index (χ1n) is 7.96. The van der Waals surface area contributed by atoms with E-state index in [-0.39, 0.29) is 11.9 Å². The number of carbonyl (C=O) groups excluding carboxylic acids is 2. The molecule has 0 radical (unpaired) electrons.